The summed E-state index contributed by atoms with van der Waals surface area (Å²) >= 11 is 0. The van der Waals surface area contributed by atoms with Crippen molar-refractivity contribution < 1.29 is 9.26 Å². The molecule has 0 atom stereocenters. The normalized spacial score (nSPS) is 11.4. The van der Waals surface area contributed by atoms with E-state index < -0.39 is 0 Å². The van der Waals surface area contributed by atoms with Crippen LogP contribution in [0.5, 0.6) is 5.75 Å². The number of benzene rings is 1. The first-order valence-corrected chi connectivity index (χ1v) is 9.27. The maximum Gasteiger partial charge on any atom is 0.142 e. The Hall–Kier alpha value is -3.74. The maximum atomic E-state index is 5.74. The summed E-state index contributed by atoms with van der Waals surface area (Å²) in [5.41, 5.74) is 7.21. The van der Waals surface area contributed by atoms with Crippen molar-refractivity contribution in [3.8, 4) is 28.1 Å². The molecule has 1 aromatic carbocycles. The summed E-state index contributed by atoms with van der Waals surface area (Å²) in [4.78, 5) is 16.7. The summed E-state index contributed by atoms with van der Waals surface area (Å²) in [7, 11) is 1.67. The van der Waals surface area contributed by atoms with Gasteiger partial charge in [-0.3, -0.25) is 4.98 Å². The minimum Gasteiger partial charge on any atom is -0.496 e. The topological polar surface area (TPSA) is 89.7 Å². The quantitative estimate of drug-likeness (QED) is 0.481. The van der Waals surface area contributed by atoms with Gasteiger partial charge in [0, 0.05) is 33.9 Å². The molecule has 0 radical (unpaired) electrons. The molecule has 7 nitrogen and oxygen atoms in total. The minimum atomic E-state index is 0.744. The number of rotatable bonds is 3. The first kappa shape index (κ1) is 17.4. The van der Waals surface area contributed by atoms with E-state index >= 15 is 0 Å². The third-order valence-electron chi connectivity index (χ3n) is 5.18. The van der Waals surface area contributed by atoms with Gasteiger partial charge >= 0.3 is 0 Å². The van der Waals surface area contributed by atoms with E-state index in [4.69, 9.17) is 9.26 Å². The van der Waals surface area contributed by atoms with Crippen LogP contribution in [0.1, 0.15) is 17.1 Å². The Morgan fingerprint density at radius 1 is 1.03 bits per heavy atom. The largest absolute Gasteiger partial charge is 0.496 e. The van der Waals surface area contributed by atoms with E-state index in [9.17, 15) is 0 Å². The Balaban J connectivity index is 1.84. The lowest BCUT2D eigenvalue weighted by Crippen LogP contribution is -1.91. The Bertz CT molecular complexity index is 1360. The van der Waals surface area contributed by atoms with E-state index in [0.717, 1.165) is 67.2 Å². The maximum absolute atomic E-state index is 5.74. The molecule has 1 N–H and O–H groups in total. The Labute approximate surface area is 166 Å². The molecule has 144 valence electrons. The molecule has 0 saturated heterocycles. The van der Waals surface area contributed by atoms with Crippen LogP contribution in [0.4, 0.5) is 0 Å². The highest BCUT2D eigenvalue weighted by Crippen LogP contribution is 2.40. The number of pyridine rings is 1. The molecule has 5 rings (SSSR count). The van der Waals surface area contributed by atoms with Gasteiger partial charge < -0.3 is 14.2 Å². The molecular weight excluding hydrogens is 366 g/mol. The van der Waals surface area contributed by atoms with Crippen molar-refractivity contribution in [1.29, 1.82) is 0 Å². The summed E-state index contributed by atoms with van der Waals surface area (Å²) in [6.45, 7) is 5.80. The predicted octanol–water partition coefficient (Wildman–Crippen LogP) is 4.76. The van der Waals surface area contributed by atoms with Gasteiger partial charge in [0.1, 0.15) is 23.5 Å². The molecule has 0 aliphatic carbocycles. The Morgan fingerprint density at radius 3 is 2.62 bits per heavy atom. The lowest BCUT2D eigenvalue weighted by Gasteiger charge is -2.09. The highest BCUT2D eigenvalue weighted by molar-refractivity contribution is 6.13. The Morgan fingerprint density at radius 2 is 1.90 bits per heavy atom. The van der Waals surface area contributed by atoms with Crippen molar-refractivity contribution in [3.63, 3.8) is 0 Å². The van der Waals surface area contributed by atoms with Crippen molar-refractivity contribution in [2.45, 2.75) is 20.8 Å². The van der Waals surface area contributed by atoms with Crippen LogP contribution >= 0.6 is 0 Å². The van der Waals surface area contributed by atoms with Crippen LogP contribution in [0.2, 0.25) is 0 Å². The molecule has 0 unspecified atom stereocenters. The molecule has 0 saturated carbocycles. The van der Waals surface area contributed by atoms with Crippen molar-refractivity contribution in [3.05, 3.63) is 53.9 Å². The fourth-order valence-electron chi connectivity index (χ4n) is 3.90. The summed E-state index contributed by atoms with van der Waals surface area (Å²) in [6, 6.07) is 8.07. The number of fused-ring (bicyclic) bond motifs is 3. The molecule has 5 aromatic rings. The summed E-state index contributed by atoms with van der Waals surface area (Å²) in [5, 5.41) is 6.04. The van der Waals surface area contributed by atoms with Gasteiger partial charge in [-0.05, 0) is 45.0 Å². The van der Waals surface area contributed by atoms with E-state index in [-0.39, 0.29) is 0 Å². The number of aromatic nitrogens is 5. The van der Waals surface area contributed by atoms with Crippen molar-refractivity contribution in [2.75, 3.05) is 7.11 Å². The number of methoxy groups -OCH3 is 1. The highest BCUT2D eigenvalue weighted by Gasteiger charge is 2.20. The molecule has 4 aromatic heterocycles. The zero-order valence-corrected chi connectivity index (χ0v) is 16.6. The van der Waals surface area contributed by atoms with Gasteiger partial charge in [-0.25, -0.2) is 9.97 Å². The fraction of sp³-hybridized carbons (Fsp3) is 0.182. The number of nitrogens with zero attached hydrogens (tertiary/aromatic N) is 4. The molecule has 4 heterocycles. The number of H-pyrrole nitrogens is 1. The molecule has 0 bridgehead atoms. The van der Waals surface area contributed by atoms with E-state index in [1.807, 2.05) is 39.0 Å². The Kier molecular flexibility index (Phi) is 3.84. The van der Waals surface area contributed by atoms with Gasteiger partial charge in [-0.1, -0.05) is 5.16 Å². The first-order chi connectivity index (χ1) is 14.1. The van der Waals surface area contributed by atoms with E-state index in [1.54, 1.807) is 19.6 Å². The molecule has 0 aliphatic rings. The zero-order chi connectivity index (χ0) is 20.1. The van der Waals surface area contributed by atoms with Crippen LogP contribution in [0, 0.1) is 20.8 Å². The summed E-state index contributed by atoms with van der Waals surface area (Å²) < 4.78 is 11.1. The van der Waals surface area contributed by atoms with Gasteiger partial charge in [-0.15, -0.1) is 0 Å². The summed E-state index contributed by atoms with van der Waals surface area (Å²) in [6.07, 6.45) is 3.37. The number of hydrogen-bond acceptors (Lipinski definition) is 6. The SMILES string of the molecule is COc1cc2c(cc1-c1c(C)noc1C)[nH]c1ncnc(-c3ccnc(C)c3)c12. The van der Waals surface area contributed by atoms with Crippen molar-refractivity contribution in [1.82, 2.24) is 25.1 Å². The van der Waals surface area contributed by atoms with Crippen molar-refractivity contribution >= 4 is 21.9 Å². The second kappa shape index (κ2) is 6.41. The van der Waals surface area contributed by atoms with Crippen LogP contribution in [0.3, 0.4) is 0 Å². The minimum absolute atomic E-state index is 0.744. The smallest absolute Gasteiger partial charge is 0.142 e. The predicted molar refractivity (Wildman–Crippen MR) is 111 cm³/mol. The van der Waals surface area contributed by atoms with Crippen LogP contribution in [-0.4, -0.2) is 32.2 Å². The fourth-order valence-corrected chi connectivity index (χ4v) is 3.90. The van der Waals surface area contributed by atoms with Gasteiger partial charge in [0.25, 0.3) is 0 Å². The van der Waals surface area contributed by atoms with E-state index in [0.29, 0.717) is 0 Å². The molecular formula is C22H19N5O2. The van der Waals surface area contributed by atoms with E-state index in [2.05, 4.69) is 31.2 Å². The lowest BCUT2D eigenvalue weighted by molar-refractivity contribution is 0.393. The number of hydrogen-bond donors (Lipinski definition) is 1. The average Bonchev–Trinajstić information content (AvgIpc) is 3.25. The number of nitrogens with one attached hydrogen (secondary N) is 1. The van der Waals surface area contributed by atoms with Crippen molar-refractivity contribution in [2.24, 2.45) is 0 Å². The van der Waals surface area contributed by atoms with E-state index in [1.165, 1.54) is 0 Å². The van der Waals surface area contributed by atoms with Gasteiger partial charge in [-0.2, -0.15) is 0 Å². The molecule has 0 spiro atoms. The third kappa shape index (κ3) is 2.66. The molecule has 0 amide bonds. The van der Waals surface area contributed by atoms with Crippen LogP contribution in [0.25, 0.3) is 44.3 Å². The highest BCUT2D eigenvalue weighted by atomic mass is 16.5. The molecule has 0 aliphatic heterocycles. The number of ether oxygens (including phenoxy) is 1. The number of aryl methyl sites for hydroxylation is 3. The monoisotopic (exact) mass is 385 g/mol. The molecule has 0 fully saturated rings. The molecule has 7 heteroatoms. The van der Waals surface area contributed by atoms with Crippen LogP contribution in [-0.2, 0) is 0 Å². The standard InChI is InChI=1S/C22H19N5O2/c1-11-7-14(5-6-23-11)21-20-15-9-18(28-4)16(19-12(2)27-29-13(19)3)8-17(15)26-22(20)25-10-24-21/h5-10H,1-4H3,(H,24,25,26). The van der Waals surface area contributed by atoms with Gasteiger partial charge in [0.15, 0.2) is 0 Å². The lowest BCUT2D eigenvalue weighted by atomic mass is 10.00. The first-order valence-electron chi connectivity index (χ1n) is 9.27. The number of aromatic amines is 1. The van der Waals surface area contributed by atoms with Crippen LogP contribution < -0.4 is 4.74 Å². The third-order valence-corrected chi connectivity index (χ3v) is 5.18. The van der Waals surface area contributed by atoms with Gasteiger partial charge in [0.05, 0.1) is 29.4 Å². The average molecular weight is 385 g/mol. The second-order valence-corrected chi connectivity index (χ2v) is 7.05. The zero-order valence-electron chi connectivity index (χ0n) is 16.6. The van der Waals surface area contributed by atoms with Crippen LogP contribution in [0.15, 0.2) is 41.3 Å². The van der Waals surface area contributed by atoms with Gasteiger partial charge in [0.2, 0.25) is 0 Å². The second-order valence-electron chi connectivity index (χ2n) is 7.05. The summed E-state index contributed by atoms with van der Waals surface area (Å²) in [5.74, 6) is 1.50. The molecule has 29 heavy (non-hydrogen) atoms.